The Morgan fingerprint density at radius 1 is 0.825 bits per heavy atom. The van der Waals surface area contributed by atoms with Gasteiger partial charge in [-0.1, -0.05) is 17.7 Å². The maximum Gasteiger partial charge on any atom is 0.255 e. The van der Waals surface area contributed by atoms with Gasteiger partial charge in [0.15, 0.2) is 0 Å². The highest BCUT2D eigenvalue weighted by Crippen LogP contribution is 2.30. The summed E-state index contributed by atoms with van der Waals surface area (Å²) in [5.74, 6) is -0.537. The van der Waals surface area contributed by atoms with Crippen LogP contribution < -0.4 is 21.3 Å². The highest BCUT2D eigenvalue weighted by molar-refractivity contribution is 6.31. The van der Waals surface area contributed by atoms with Crippen molar-refractivity contribution in [2.75, 3.05) is 36.4 Å². The molecule has 9 nitrogen and oxygen atoms in total. The molecule has 3 aromatic rings. The fraction of sp³-hybridized carbons (Fsp3) is 0.333. The van der Waals surface area contributed by atoms with Gasteiger partial charge >= 0.3 is 0 Å². The van der Waals surface area contributed by atoms with Crippen molar-refractivity contribution in [2.45, 2.75) is 37.8 Å². The van der Waals surface area contributed by atoms with Gasteiger partial charge in [0.25, 0.3) is 17.7 Å². The molecular weight excluding hydrogens is 528 g/mol. The normalized spacial score (nSPS) is 19.1. The quantitative estimate of drug-likeness (QED) is 0.420. The smallest absolute Gasteiger partial charge is 0.255 e. The van der Waals surface area contributed by atoms with E-state index < -0.39 is 0 Å². The van der Waals surface area contributed by atoms with E-state index in [0.717, 1.165) is 31.4 Å². The third-order valence-corrected chi connectivity index (χ3v) is 7.77. The van der Waals surface area contributed by atoms with Gasteiger partial charge in [0.05, 0.1) is 11.4 Å². The molecule has 2 heterocycles. The zero-order valence-corrected chi connectivity index (χ0v) is 22.9. The number of pyridine rings is 1. The van der Waals surface area contributed by atoms with Crippen molar-refractivity contribution in [3.05, 3.63) is 88.7 Å². The molecule has 1 saturated heterocycles. The van der Waals surface area contributed by atoms with Crippen molar-refractivity contribution in [1.29, 1.82) is 0 Å². The summed E-state index contributed by atoms with van der Waals surface area (Å²) in [7, 11) is 0. The van der Waals surface area contributed by atoms with E-state index in [0.29, 0.717) is 53.6 Å². The van der Waals surface area contributed by atoms with Crippen LogP contribution in [0.3, 0.4) is 0 Å². The average Bonchev–Trinajstić information content (AvgIpc) is 2.98. The molecule has 0 atom stereocenters. The van der Waals surface area contributed by atoms with Gasteiger partial charge in [-0.05, 0) is 74.2 Å². The van der Waals surface area contributed by atoms with E-state index in [9.17, 15) is 14.4 Å². The number of carbonyl (C=O) groups excluding carboxylic acids is 3. The van der Waals surface area contributed by atoms with Crippen LogP contribution in [0.4, 0.5) is 11.4 Å². The first kappa shape index (κ1) is 27.6. The maximum absolute atomic E-state index is 13.1. The predicted molar refractivity (Wildman–Crippen MR) is 156 cm³/mol. The number of hydrogen-bond donors (Lipinski definition) is 3. The second-order valence-corrected chi connectivity index (χ2v) is 10.7. The Hall–Kier alpha value is -3.95. The lowest BCUT2D eigenvalue weighted by molar-refractivity contribution is 0.0746. The molecule has 0 unspecified atom stereocenters. The first-order valence-corrected chi connectivity index (χ1v) is 14.0. The Balaban J connectivity index is 1.33. The number of hydrogen-bond acceptors (Lipinski definition) is 6. The Morgan fingerprint density at radius 3 is 2.25 bits per heavy atom. The second kappa shape index (κ2) is 12.5. The van der Waals surface area contributed by atoms with Crippen molar-refractivity contribution >= 4 is 40.7 Å². The molecule has 1 aromatic heterocycles. The number of aromatic nitrogens is 1. The van der Waals surface area contributed by atoms with Crippen LogP contribution in [0.25, 0.3) is 0 Å². The van der Waals surface area contributed by atoms with Crippen LogP contribution >= 0.6 is 11.6 Å². The SMILES string of the molecule is NC1CCC(NC(=O)c2ccc(N3CCN(C(=O)c4cccc(Cl)c4)CC3)c(NC(=O)c3ccncc3)c2)CC1. The number of piperazine rings is 1. The van der Waals surface area contributed by atoms with E-state index in [1.54, 1.807) is 65.8 Å². The molecule has 5 rings (SSSR count). The van der Waals surface area contributed by atoms with Gasteiger partial charge in [0, 0.05) is 72.4 Å². The third kappa shape index (κ3) is 6.60. The minimum absolute atomic E-state index is 0.0657. The van der Waals surface area contributed by atoms with E-state index in [4.69, 9.17) is 17.3 Å². The van der Waals surface area contributed by atoms with Crippen molar-refractivity contribution in [1.82, 2.24) is 15.2 Å². The summed E-state index contributed by atoms with van der Waals surface area (Å²) in [6.45, 7) is 2.15. The van der Waals surface area contributed by atoms with Gasteiger partial charge in [0.2, 0.25) is 0 Å². The number of anilines is 2. The van der Waals surface area contributed by atoms with E-state index >= 15 is 0 Å². The van der Waals surface area contributed by atoms with Crippen molar-refractivity contribution in [3.8, 4) is 0 Å². The fourth-order valence-corrected chi connectivity index (χ4v) is 5.43. The average molecular weight is 561 g/mol. The Morgan fingerprint density at radius 2 is 1.55 bits per heavy atom. The van der Waals surface area contributed by atoms with Crippen LogP contribution in [-0.2, 0) is 0 Å². The summed E-state index contributed by atoms with van der Waals surface area (Å²) in [5, 5.41) is 6.64. The molecule has 3 amide bonds. The summed E-state index contributed by atoms with van der Waals surface area (Å²) < 4.78 is 0. The van der Waals surface area contributed by atoms with E-state index in [1.807, 2.05) is 6.07 Å². The molecule has 1 saturated carbocycles. The number of carbonyl (C=O) groups is 3. The summed E-state index contributed by atoms with van der Waals surface area (Å²) >= 11 is 6.08. The van der Waals surface area contributed by atoms with Crippen LogP contribution in [0.5, 0.6) is 0 Å². The van der Waals surface area contributed by atoms with Gasteiger partial charge in [-0.25, -0.2) is 0 Å². The standard InChI is InChI=1S/C30H33ClN6O3/c31-23-3-1-2-22(18-23)30(40)37-16-14-36(15-17-37)27-9-4-21(29(39)34-25-7-5-24(32)6-8-25)19-26(27)35-28(38)20-10-12-33-13-11-20/h1-4,9-13,18-19,24-25H,5-8,14-17,32H2,(H,34,39)(H,35,38). The molecule has 0 radical (unpaired) electrons. The molecule has 40 heavy (non-hydrogen) atoms. The lowest BCUT2D eigenvalue weighted by atomic mass is 9.91. The zero-order chi connectivity index (χ0) is 28.1. The second-order valence-electron chi connectivity index (χ2n) is 10.3. The van der Waals surface area contributed by atoms with Crippen molar-refractivity contribution < 1.29 is 14.4 Å². The topological polar surface area (TPSA) is 121 Å². The van der Waals surface area contributed by atoms with Gasteiger partial charge in [-0.3, -0.25) is 19.4 Å². The first-order chi connectivity index (χ1) is 19.4. The number of benzene rings is 2. The summed E-state index contributed by atoms with van der Waals surface area (Å²) in [6, 6.07) is 15.9. The Kier molecular flexibility index (Phi) is 8.62. The van der Waals surface area contributed by atoms with Crippen LogP contribution in [-0.4, -0.2) is 65.9 Å². The first-order valence-electron chi connectivity index (χ1n) is 13.6. The minimum Gasteiger partial charge on any atom is -0.366 e. The maximum atomic E-state index is 13.1. The molecule has 1 aliphatic heterocycles. The third-order valence-electron chi connectivity index (χ3n) is 7.54. The van der Waals surface area contributed by atoms with Crippen LogP contribution in [0.1, 0.15) is 56.8 Å². The van der Waals surface area contributed by atoms with Gasteiger partial charge < -0.3 is 26.2 Å². The molecule has 208 valence electrons. The molecular formula is C30H33ClN6O3. The molecule has 1 aliphatic carbocycles. The number of nitrogens with one attached hydrogen (secondary N) is 2. The van der Waals surface area contributed by atoms with E-state index in [1.165, 1.54) is 0 Å². The number of halogens is 1. The fourth-order valence-electron chi connectivity index (χ4n) is 5.24. The predicted octanol–water partition coefficient (Wildman–Crippen LogP) is 3.95. The number of rotatable bonds is 6. The highest BCUT2D eigenvalue weighted by atomic mass is 35.5. The van der Waals surface area contributed by atoms with Crippen LogP contribution in [0, 0.1) is 0 Å². The molecule has 0 spiro atoms. The van der Waals surface area contributed by atoms with E-state index in [2.05, 4.69) is 20.5 Å². The lowest BCUT2D eigenvalue weighted by Crippen LogP contribution is -2.49. The molecule has 2 aromatic carbocycles. The molecule has 4 N–H and O–H groups in total. The lowest BCUT2D eigenvalue weighted by Gasteiger charge is -2.37. The number of nitrogens with zero attached hydrogens (tertiary/aromatic N) is 3. The number of nitrogens with two attached hydrogens (primary N) is 1. The van der Waals surface area contributed by atoms with Gasteiger partial charge in [0.1, 0.15) is 0 Å². The summed E-state index contributed by atoms with van der Waals surface area (Å²) in [6.07, 6.45) is 6.62. The Bertz CT molecular complexity index is 1370. The summed E-state index contributed by atoms with van der Waals surface area (Å²) in [5.41, 5.74) is 8.83. The van der Waals surface area contributed by atoms with Gasteiger partial charge in [-0.15, -0.1) is 0 Å². The number of amides is 3. The van der Waals surface area contributed by atoms with Crippen molar-refractivity contribution in [3.63, 3.8) is 0 Å². The van der Waals surface area contributed by atoms with Crippen molar-refractivity contribution in [2.24, 2.45) is 5.73 Å². The molecule has 10 heteroatoms. The minimum atomic E-state index is -0.294. The molecule has 0 bridgehead atoms. The monoisotopic (exact) mass is 560 g/mol. The molecule has 2 aliphatic rings. The highest BCUT2D eigenvalue weighted by Gasteiger charge is 2.26. The Labute approximate surface area is 238 Å². The van der Waals surface area contributed by atoms with E-state index in [-0.39, 0.29) is 29.8 Å². The zero-order valence-electron chi connectivity index (χ0n) is 22.2. The van der Waals surface area contributed by atoms with Gasteiger partial charge in [-0.2, -0.15) is 0 Å². The van der Waals surface area contributed by atoms with Crippen LogP contribution in [0.2, 0.25) is 5.02 Å². The summed E-state index contributed by atoms with van der Waals surface area (Å²) in [4.78, 5) is 47.1. The molecule has 2 fully saturated rings. The van der Waals surface area contributed by atoms with Crippen LogP contribution in [0.15, 0.2) is 67.0 Å². The largest absolute Gasteiger partial charge is 0.366 e.